The molecule has 0 saturated heterocycles. The van der Waals surface area contributed by atoms with Crippen molar-refractivity contribution in [3.8, 4) is 0 Å². The minimum atomic E-state index is -0.214. The molecule has 1 rings (SSSR count). The van der Waals surface area contributed by atoms with Crippen LogP contribution in [0.5, 0.6) is 0 Å². The predicted octanol–water partition coefficient (Wildman–Crippen LogP) is 0.964. The van der Waals surface area contributed by atoms with Gasteiger partial charge in [-0.2, -0.15) is 0 Å². The number of aliphatic imine (C=N–C) groups is 1. The number of hydrogen-bond acceptors (Lipinski definition) is 3. The molecule has 1 amide bonds. The molecule has 1 aliphatic heterocycles. The highest BCUT2D eigenvalue weighted by Gasteiger charge is 2.29. The summed E-state index contributed by atoms with van der Waals surface area (Å²) in [6.45, 7) is 5.95. The van der Waals surface area contributed by atoms with Gasteiger partial charge in [0.25, 0.3) is 0 Å². The van der Waals surface area contributed by atoms with E-state index < -0.39 is 0 Å². The number of hydrogen-bond donors (Lipinski definition) is 1. The van der Waals surface area contributed by atoms with Crippen molar-refractivity contribution >= 4 is 11.7 Å². The number of methoxy groups -OCH3 is 1. The van der Waals surface area contributed by atoms with Crippen molar-refractivity contribution in [3.05, 3.63) is 0 Å². The van der Waals surface area contributed by atoms with Gasteiger partial charge in [-0.1, -0.05) is 13.8 Å². The lowest BCUT2D eigenvalue weighted by atomic mass is 10.1. The monoisotopic (exact) mass is 198 g/mol. The molecule has 0 aromatic rings. The van der Waals surface area contributed by atoms with Gasteiger partial charge in [0.15, 0.2) is 0 Å². The van der Waals surface area contributed by atoms with Gasteiger partial charge in [-0.25, -0.2) is 0 Å². The minimum Gasteiger partial charge on any atom is -0.381 e. The van der Waals surface area contributed by atoms with Gasteiger partial charge in [0.05, 0.1) is 6.10 Å². The van der Waals surface area contributed by atoms with Crippen LogP contribution in [0.25, 0.3) is 0 Å². The summed E-state index contributed by atoms with van der Waals surface area (Å²) in [7, 11) is 1.65. The Hall–Kier alpha value is -0.900. The molecular formula is C10H18N2O2. The molecule has 1 heterocycles. The molecule has 0 fully saturated rings. The Morgan fingerprint density at radius 1 is 1.50 bits per heavy atom. The Bertz CT molecular complexity index is 249. The van der Waals surface area contributed by atoms with Crippen LogP contribution >= 0.6 is 0 Å². The maximum absolute atomic E-state index is 11.4. The lowest BCUT2D eigenvalue weighted by Gasteiger charge is -2.07. The number of amides is 1. The third-order valence-electron chi connectivity index (χ3n) is 2.35. The van der Waals surface area contributed by atoms with Gasteiger partial charge in [0.1, 0.15) is 11.9 Å². The summed E-state index contributed by atoms with van der Waals surface area (Å²) in [5.74, 6) is 1.02. The molecule has 0 aliphatic carbocycles. The third kappa shape index (κ3) is 2.54. The topological polar surface area (TPSA) is 50.7 Å². The van der Waals surface area contributed by atoms with Gasteiger partial charge < -0.3 is 10.1 Å². The summed E-state index contributed by atoms with van der Waals surface area (Å²) in [4.78, 5) is 15.8. The zero-order valence-electron chi connectivity index (χ0n) is 9.20. The van der Waals surface area contributed by atoms with E-state index in [2.05, 4.69) is 10.3 Å². The van der Waals surface area contributed by atoms with Crippen molar-refractivity contribution in [2.24, 2.45) is 10.9 Å². The van der Waals surface area contributed by atoms with Crippen molar-refractivity contribution in [2.45, 2.75) is 39.3 Å². The Labute approximate surface area is 84.7 Å². The van der Waals surface area contributed by atoms with Crippen LogP contribution in [0, 0.1) is 5.92 Å². The predicted molar refractivity (Wildman–Crippen MR) is 55.3 cm³/mol. The van der Waals surface area contributed by atoms with E-state index in [1.54, 1.807) is 7.11 Å². The molecule has 0 bridgehead atoms. The van der Waals surface area contributed by atoms with Gasteiger partial charge in [-0.15, -0.1) is 0 Å². The number of ether oxygens (including phenoxy) is 1. The van der Waals surface area contributed by atoms with E-state index in [4.69, 9.17) is 4.74 Å². The maximum atomic E-state index is 11.4. The zero-order valence-corrected chi connectivity index (χ0v) is 9.20. The molecule has 0 radical (unpaired) electrons. The second-order valence-electron chi connectivity index (χ2n) is 4.00. The lowest BCUT2D eigenvalue weighted by Crippen LogP contribution is -2.32. The highest BCUT2D eigenvalue weighted by Crippen LogP contribution is 2.13. The van der Waals surface area contributed by atoms with Crippen LogP contribution in [0.3, 0.4) is 0 Å². The molecular weight excluding hydrogens is 180 g/mol. The fraction of sp³-hybridized carbons (Fsp3) is 0.800. The van der Waals surface area contributed by atoms with Crippen molar-refractivity contribution in [1.29, 1.82) is 0 Å². The molecule has 2 unspecified atom stereocenters. The molecule has 0 aromatic carbocycles. The van der Waals surface area contributed by atoms with Gasteiger partial charge in [-0.3, -0.25) is 9.79 Å². The Morgan fingerprint density at radius 3 is 2.57 bits per heavy atom. The molecule has 1 N–H and O–H groups in total. The first-order valence-corrected chi connectivity index (χ1v) is 4.95. The smallest absolute Gasteiger partial charge is 0.250 e. The molecule has 2 atom stereocenters. The van der Waals surface area contributed by atoms with Gasteiger partial charge in [-0.05, 0) is 12.8 Å². The Balaban J connectivity index is 2.57. The summed E-state index contributed by atoms with van der Waals surface area (Å²) >= 11 is 0. The van der Waals surface area contributed by atoms with Crippen molar-refractivity contribution in [1.82, 2.24) is 5.32 Å². The highest BCUT2D eigenvalue weighted by atomic mass is 16.5. The largest absolute Gasteiger partial charge is 0.381 e. The molecule has 4 nitrogen and oxygen atoms in total. The van der Waals surface area contributed by atoms with E-state index in [9.17, 15) is 4.79 Å². The summed E-state index contributed by atoms with van der Waals surface area (Å²) in [5.41, 5.74) is 0. The average molecular weight is 198 g/mol. The molecule has 0 saturated carbocycles. The fourth-order valence-electron chi connectivity index (χ4n) is 1.39. The molecule has 14 heavy (non-hydrogen) atoms. The second-order valence-corrected chi connectivity index (χ2v) is 4.00. The van der Waals surface area contributed by atoms with Gasteiger partial charge >= 0.3 is 0 Å². The van der Waals surface area contributed by atoms with Crippen molar-refractivity contribution in [3.63, 3.8) is 0 Å². The number of carbonyl (C=O) groups excluding carboxylic acids is 1. The van der Waals surface area contributed by atoms with Crippen LogP contribution in [-0.4, -0.2) is 31.0 Å². The van der Waals surface area contributed by atoms with E-state index in [-0.39, 0.29) is 24.0 Å². The van der Waals surface area contributed by atoms with Crippen LogP contribution in [0.2, 0.25) is 0 Å². The molecule has 0 spiro atoms. The average Bonchev–Trinajstić information content (AvgIpc) is 2.46. The first-order chi connectivity index (χ1) is 6.54. The van der Waals surface area contributed by atoms with E-state index in [0.717, 1.165) is 5.84 Å². The van der Waals surface area contributed by atoms with Crippen molar-refractivity contribution in [2.75, 3.05) is 7.11 Å². The second kappa shape index (κ2) is 4.55. The summed E-state index contributed by atoms with van der Waals surface area (Å²) < 4.78 is 5.11. The van der Waals surface area contributed by atoms with E-state index >= 15 is 0 Å². The van der Waals surface area contributed by atoms with Crippen molar-refractivity contribution < 1.29 is 9.53 Å². The van der Waals surface area contributed by atoms with E-state index in [1.807, 2.05) is 20.8 Å². The van der Waals surface area contributed by atoms with Crippen LogP contribution in [-0.2, 0) is 9.53 Å². The first-order valence-electron chi connectivity index (χ1n) is 4.95. The summed E-state index contributed by atoms with van der Waals surface area (Å²) in [6.07, 6.45) is 0.769. The fourth-order valence-corrected chi connectivity index (χ4v) is 1.39. The number of nitrogens with zero attached hydrogens (tertiary/aromatic N) is 1. The highest BCUT2D eigenvalue weighted by molar-refractivity contribution is 6.06. The normalized spacial score (nSPS) is 23.6. The van der Waals surface area contributed by atoms with Gasteiger partial charge in [0, 0.05) is 13.5 Å². The minimum absolute atomic E-state index is 0.0123. The van der Waals surface area contributed by atoms with Crippen LogP contribution in [0.4, 0.5) is 0 Å². The first kappa shape index (κ1) is 11.2. The quantitative estimate of drug-likeness (QED) is 0.731. The number of rotatable bonds is 4. The number of nitrogens with one attached hydrogen (secondary N) is 1. The van der Waals surface area contributed by atoms with Crippen LogP contribution < -0.4 is 5.32 Å². The van der Waals surface area contributed by atoms with Crippen LogP contribution in [0.15, 0.2) is 4.99 Å². The molecule has 0 aromatic heterocycles. The van der Waals surface area contributed by atoms with Gasteiger partial charge in [0.2, 0.25) is 5.91 Å². The molecule has 1 aliphatic rings. The standard InChI is InChI=1S/C10H18N2O2/c1-6(2)9-10(13)12-8(11-9)5-7(3)14-4/h6-7,9H,5H2,1-4H3,(H,11,12,13). The molecule has 80 valence electrons. The number of amidine groups is 1. The number of carbonyl (C=O) groups is 1. The maximum Gasteiger partial charge on any atom is 0.250 e. The SMILES string of the molecule is COC(C)CC1=NC(C(C)C)C(=O)N1. The van der Waals surface area contributed by atoms with Crippen LogP contribution in [0.1, 0.15) is 27.2 Å². The summed E-state index contributed by atoms with van der Waals surface area (Å²) in [5, 5.41) is 2.78. The lowest BCUT2D eigenvalue weighted by molar-refractivity contribution is -0.120. The Morgan fingerprint density at radius 2 is 2.14 bits per heavy atom. The molecule has 4 heteroatoms. The van der Waals surface area contributed by atoms with E-state index in [0.29, 0.717) is 6.42 Å². The van der Waals surface area contributed by atoms with E-state index in [1.165, 1.54) is 0 Å². The Kier molecular flexibility index (Phi) is 3.63. The third-order valence-corrected chi connectivity index (χ3v) is 2.35. The summed E-state index contributed by atoms with van der Waals surface area (Å²) in [6, 6.07) is -0.214. The zero-order chi connectivity index (χ0) is 10.7.